The summed E-state index contributed by atoms with van der Waals surface area (Å²) < 4.78 is 12.3. The van der Waals surface area contributed by atoms with Gasteiger partial charge in [0.2, 0.25) is 0 Å². The second-order valence-corrected chi connectivity index (χ2v) is 3.00. The van der Waals surface area contributed by atoms with E-state index in [0.29, 0.717) is 5.56 Å². The Morgan fingerprint density at radius 1 is 1.67 bits per heavy atom. The number of nitrogens with zero attached hydrogens (tertiary/aromatic N) is 2. The molecule has 0 saturated carbocycles. The average molecular weight is 207 g/mol. The first-order valence-electron chi connectivity index (χ1n) is 4.17. The fraction of sp³-hybridized carbons (Fsp3) is 0.200. The molecule has 0 fully saturated rings. The maximum atomic E-state index is 12.3. The molecule has 1 rings (SSSR count). The fourth-order valence-electron chi connectivity index (χ4n) is 1.15. The molecule has 1 atom stereocenters. The first-order valence-corrected chi connectivity index (χ1v) is 4.17. The van der Waals surface area contributed by atoms with Crippen LogP contribution < -0.4 is 0 Å². The van der Waals surface area contributed by atoms with Gasteiger partial charge in [0.25, 0.3) is 5.69 Å². The highest BCUT2D eigenvalue weighted by molar-refractivity contribution is 5.51. The van der Waals surface area contributed by atoms with Crippen LogP contribution in [0.5, 0.6) is 0 Å². The van der Waals surface area contributed by atoms with Crippen molar-refractivity contribution in [2.45, 2.75) is 5.92 Å². The Labute approximate surface area is 86.1 Å². The Bertz CT molecular complexity index is 426. The van der Waals surface area contributed by atoms with Crippen LogP contribution in [0.4, 0.5) is 10.1 Å². The molecule has 0 aliphatic rings. The summed E-state index contributed by atoms with van der Waals surface area (Å²) in [6, 6.07) is 5.61. The van der Waals surface area contributed by atoms with Crippen LogP contribution in [0.3, 0.4) is 0 Å². The summed E-state index contributed by atoms with van der Waals surface area (Å²) in [6.45, 7) is 2.86. The molecule has 0 N–H and O–H groups in total. The Balaban J connectivity index is 3.20. The maximum absolute atomic E-state index is 12.3. The van der Waals surface area contributed by atoms with Crippen molar-refractivity contribution in [3.05, 3.63) is 46.4 Å². The zero-order valence-electron chi connectivity index (χ0n) is 7.81. The molecule has 1 aromatic carbocycles. The SMILES string of the molecule is [CH2]C(CF)c1ccc([N+](=O)[O-])c(C#N)c1. The lowest BCUT2D eigenvalue weighted by Crippen LogP contribution is -1.99. The molecule has 0 heterocycles. The van der Waals surface area contributed by atoms with E-state index in [1.165, 1.54) is 18.2 Å². The van der Waals surface area contributed by atoms with Gasteiger partial charge < -0.3 is 0 Å². The fourth-order valence-corrected chi connectivity index (χ4v) is 1.15. The summed E-state index contributed by atoms with van der Waals surface area (Å²) in [5.74, 6) is -0.599. The van der Waals surface area contributed by atoms with Crippen molar-refractivity contribution in [2.24, 2.45) is 0 Å². The van der Waals surface area contributed by atoms with Crippen LogP contribution in [0.25, 0.3) is 0 Å². The predicted molar refractivity (Wildman–Crippen MR) is 51.9 cm³/mol. The zero-order valence-corrected chi connectivity index (χ0v) is 7.81. The minimum absolute atomic E-state index is 0.0698. The number of halogens is 1. The number of alkyl halides is 1. The average Bonchev–Trinajstić information content (AvgIpc) is 2.26. The van der Waals surface area contributed by atoms with Crippen molar-refractivity contribution in [3.8, 4) is 6.07 Å². The summed E-state index contributed by atoms with van der Waals surface area (Å²) in [4.78, 5) is 9.85. The summed E-state index contributed by atoms with van der Waals surface area (Å²) in [6.07, 6.45) is 0. The number of hydrogen-bond donors (Lipinski definition) is 0. The van der Waals surface area contributed by atoms with Gasteiger partial charge in [0, 0.05) is 12.0 Å². The molecule has 0 aliphatic carbocycles. The van der Waals surface area contributed by atoms with Gasteiger partial charge >= 0.3 is 0 Å². The van der Waals surface area contributed by atoms with Gasteiger partial charge in [-0.2, -0.15) is 5.26 Å². The van der Waals surface area contributed by atoms with Crippen molar-refractivity contribution >= 4 is 5.69 Å². The van der Waals surface area contributed by atoms with Crippen molar-refractivity contribution in [2.75, 3.05) is 6.67 Å². The molecule has 77 valence electrons. The first-order chi connectivity index (χ1) is 7.10. The van der Waals surface area contributed by atoms with E-state index in [0.717, 1.165) is 0 Å². The first kappa shape index (κ1) is 11.1. The molecule has 4 nitrogen and oxygen atoms in total. The molecular weight excluding hydrogens is 199 g/mol. The van der Waals surface area contributed by atoms with Gasteiger partial charge in [-0.15, -0.1) is 0 Å². The molecule has 0 amide bonds. The van der Waals surface area contributed by atoms with Gasteiger partial charge in [-0.1, -0.05) is 6.07 Å². The van der Waals surface area contributed by atoms with Crippen molar-refractivity contribution in [1.82, 2.24) is 0 Å². The molecule has 0 spiro atoms. The lowest BCUT2D eigenvalue weighted by Gasteiger charge is -2.06. The number of rotatable bonds is 3. The van der Waals surface area contributed by atoms with Gasteiger partial charge in [0.15, 0.2) is 0 Å². The summed E-state index contributed by atoms with van der Waals surface area (Å²) >= 11 is 0. The van der Waals surface area contributed by atoms with Gasteiger partial charge in [-0.05, 0) is 18.6 Å². The Hall–Kier alpha value is -1.96. The van der Waals surface area contributed by atoms with Gasteiger partial charge in [0.1, 0.15) is 11.6 Å². The van der Waals surface area contributed by atoms with Gasteiger partial charge in [-0.3, -0.25) is 14.5 Å². The zero-order chi connectivity index (χ0) is 11.4. The van der Waals surface area contributed by atoms with E-state index in [2.05, 4.69) is 6.92 Å². The van der Waals surface area contributed by atoms with Crippen LogP contribution in [0.2, 0.25) is 0 Å². The van der Waals surface area contributed by atoms with Crippen LogP contribution in [-0.2, 0) is 0 Å². The van der Waals surface area contributed by atoms with Crippen LogP contribution in [0.1, 0.15) is 17.0 Å². The van der Waals surface area contributed by atoms with E-state index < -0.39 is 17.5 Å². The van der Waals surface area contributed by atoms with Crippen molar-refractivity contribution in [1.29, 1.82) is 5.26 Å². The minimum atomic E-state index is -0.664. The molecule has 1 aromatic rings. The molecule has 15 heavy (non-hydrogen) atoms. The Kier molecular flexibility index (Phi) is 3.34. The van der Waals surface area contributed by atoms with E-state index in [4.69, 9.17) is 5.26 Å². The van der Waals surface area contributed by atoms with E-state index in [-0.39, 0.29) is 11.3 Å². The Morgan fingerprint density at radius 3 is 2.80 bits per heavy atom. The molecule has 0 saturated heterocycles. The van der Waals surface area contributed by atoms with E-state index >= 15 is 0 Å². The van der Waals surface area contributed by atoms with Crippen molar-refractivity contribution < 1.29 is 9.31 Å². The van der Waals surface area contributed by atoms with Crippen molar-refractivity contribution in [3.63, 3.8) is 0 Å². The molecule has 1 radical (unpaired) electrons. The number of nitro groups is 1. The number of nitriles is 1. The smallest absolute Gasteiger partial charge is 0.258 e. The van der Waals surface area contributed by atoms with E-state index in [1.807, 2.05) is 0 Å². The van der Waals surface area contributed by atoms with Gasteiger partial charge in [0.05, 0.1) is 11.6 Å². The maximum Gasteiger partial charge on any atom is 0.287 e. The summed E-state index contributed by atoms with van der Waals surface area (Å²) in [5, 5.41) is 19.2. The molecule has 0 aliphatic heterocycles. The lowest BCUT2D eigenvalue weighted by molar-refractivity contribution is -0.385. The van der Waals surface area contributed by atoms with Crippen LogP contribution >= 0.6 is 0 Å². The van der Waals surface area contributed by atoms with E-state index in [1.54, 1.807) is 6.07 Å². The van der Waals surface area contributed by atoms with Crippen LogP contribution in [-0.4, -0.2) is 11.6 Å². The molecule has 5 heteroatoms. The highest BCUT2D eigenvalue weighted by Crippen LogP contribution is 2.23. The molecular formula is C10H8FN2O2. The highest BCUT2D eigenvalue weighted by atomic mass is 19.1. The second-order valence-electron chi connectivity index (χ2n) is 3.00. The standard InChI is InChI=1S/C10H8FN2O2/c1-7(5-11)8-2-3-10(13(14)15)9(4-8)6-12/h2-4,7H,1,5H2. The summed E-state index contributed by atoms with van der Waals surface area (Å²) in [7, 11) is 0. The lowest BCUT2D eigenvalue weighted by atomic mass is 10.00. The van der Waals surface area contributed by atoms with E-state index in [9.17, 15) is 14.5 Å². The largest absolute Gasteiger partial charge is 0.287 e. The highest BCUT2D eigenvalue weighted by Gasteiger charge is 2.15. The topological polar surface area (TPSA) is 66.9 Å². The number of benzene rings is 1. The normalized spacial score (nSPS) is 11.8. The third-order valence-electron chi connectivity index (χ3n) is 2.00. The predicted octanol–water partition coefficient (Wildman–Crippen LogP) is 2.35. The number of hydrogen-bond acceptors (Lipinski definition) is 3. The third kappa shape index (κ3) is 2.29. The van der Waals surface area contributed by atoms with Crippen LogP contribution in [0.15, 0.2) is 18.2 Å². The second kappa shape index (κ2) is 4.51. The monoisotopic (exact) mass is 207 g/mol. The Morgan fingerprint density at radius 2 is 2.33 bits per heavy atom. The summed E-state index contributed by atoms with van der Waals surface area (Å²) in [5.41, 5.74) is 0.145. The van der Waals surface area contributed by atoms with Gasteiger partial charge in [-0.25, -0.2) is 0 Å². The molecule has 0 aromatic heterocycles. The quantitative estimate of drug-likeness (QED) is 0.564. The third-order valence-corrected chi connectivity index (χ3v) is 2.00. The number of nitro benzene ring substituents is 1. The molecule has 1 unspecified atom stereocenters. The molecule has 0 bridgehead atoms. The minimum Gasteiger partial charge on any atom is -0.258 e. The van der Waals surface area contributed by atoms with Crippen LogP contribution in [0, 0.1) is 28.4 Å².